The lowest BCUT2D eigenvalue weighted by Crippen LogP contribution is -2.23. The molecule has 0 aliphatic heterocycles. The van der Waals surface area contributed by atoms with Crippen molar-refractivity contribution in [2.24, 2.45) is 0 Å². The van der Waals surface area contributed by atoms with Crippen LogP contribution in [0.3, 0.4) is 0 Å². The minimum Gasteiger partial charge on any atom is -0.484 e. The van der Waals surface area contributed by atoms with Gasteiger partial charge in [-0.1, -0.05) is 70.1 Å². The molecule has 1 amide bonds. The number of carbonyl (C=O) groups excluding carboxylic acids is 1. The maximum absolute atomic E-state index is 12.4. The fraction of sp³-hybridized carbons (Fsp3) is 0.250. The lowest BCUT2D eigenvalue weighted by Gasteiger charge is -2.16. The number of H-pyrrole nitrogens is 1. The summed E-state index contributed by atoms with van der Waals surface area (Å²) in [5.74, 6) is 0.0989. The topological polar surface area (TPSA) is 120 Å². The zero-order valence-electron chi connectivity index (χ0n) is 19.5. The molecule has 0 aliphatic rings. The first kappa shape index (κ1) is 25.8. The molecule has 0 aliphatic carbocycles. The van der Waals surface area contributed by atoms with Crippen LogP contribution in [0.5, 0.6) is 5.75 Å². The van der Waals surface area contributed by atoms with Crippen LogP contribution in [0, 0.1) is 0 Å². The number of benzene rings is 2. The van der Waals surface area contributed by atoms with Crippen molar-refractivity contribution in [3.63, 3.8) is 0 Å². The van der Waals surface area contributed by atoms with Crippen molar-refractivity contribution < 1.29 is 19.0 Å². The highest BCUT2D eigenvalue weighted by atomic mass is 33.1. The Morgan fingerprint density at radius 3 is 2.61 bits per heavy atom. The second kappa shape index (κ2) is 13.1. The summed E-state index contributed by atoms with van der Waals surface area (Å²) in [6, 6.07) is 18.9. The molecule has 4 aromatic rings. The number of fused-ring (bicyclic) bond motifs is 1. The van der Waals surface area contributed by atoms with Gasteiger partial charge in [-0.2, -0.15) is 4.98 Å². The summed E-state index contributed by atoms with van der Waals surface area (Å²) in [6.45, 7) is 0.609. The van der Waals surface area contributed by atoms with Gasteiger partial charge in [-0.25, -0.2) is 4.98 Å². The Hall–Kier alpha value is -3.32. The first-order valence-electron chi connectivity index (χ1n) is 11.0. The predicted octanol–water partition coefficient (Wildman–Crippen LogP) is 3.84. The second-order valence-corrected chi connectivity index (χ2v) is 9.90. The van der Waals surface area contributed by atoms with Crippen molar-refractivity contribution in [2.75, 3.05) is 31.4 Å². The summed E-state index contributed by atoms with van der Waals surface area (Å²) in [6.07, 6.45) is 3.47. The van der Waals surface area contributed by atoms with Gasteiger partial charge in [0.15, 0.2) is 17.8 Å². The van der Waals surface area contributed by atoms with E-state index < -0.39 is 11.5 Å². The molecule has 1 atom stereocenters. The molecule has 0 bridgehead atoms. The number of hydrogen-bond donors (Lipinski definition) is 2. The normalized spacial score (nSPS) is 11.9. The largest absolute Gasteiger partial charge is 0.484 e. The van der Waals surface area contributed by atoms with Crippen LogP contribution in [0.1, 0.15) is 11.0 Å². The molecule has 0 radical (unpaired) electrons. The Kier molecular flexibility index (Phi) is 9.39. The smallest absolute Gasteiger partial charge is 0.280 e. The van der Waals surface area contributed by atoms with E-state index in [1.807, 2.05) is 42.7 Å². The standard InChI is InChI=1S/C24H25N5O5S2/c1-35-36-23(17-8-4-2-5-9-17)33-13-12-32-16-29-15-25-20-21(29)27-24(28-22(20)31)26-19(30)14-34-18-10-6-3-7-11-18/h2-11,15,23H,12-14,16H2,1H3,(H2,26,27,28,30,31). The molecule has 4 rings (SSSR count). The molecule has 2 aromatic heterocycles. The molecule has 0 fully saturated rings. The van der Waals surface area contributed by atoms with E-state index in [2.05, 4.69) is 20.3 Å². The molecule has 2 aromatic carbocycles. The summed E-state index contributed by atoms with van der Waals surface area (Å²) >= 11 is 0. The zero-order chi connectivity index (χ0) is 25.2. The van der Waals surface area contributed by atoms with Crippen LogP contribution < -0.4 is 15.6 Å². The van der Waals surface area contributed by atoms with Gasteiger partial charge < -0.3 is 14.2 Å². The van der Waals surface area contributed by atoms with Gasteiger partial charge in [0.05, 0.1) is 19.5 Å². The van der Waals surface area contributed by atoms with Gasteiger partial charge in [0.1, 0.15) is 17.9 Å². The van der Waals surface area contributed by atoms with Crippen LogP contribution in [0.2, 0.25) is 0 Å². The third kappa shape index (κ3) is 7.10. The highest BCUT2D eigenvalue weighted by Gasteiger charge is 2.14. The quantitative estimate of drug-likeness (QED) is 0.152. The van der Waals surface area contributed by atoms with Crippen molar-refractivity contribution >= 4 is 44.6 Å². The van der Waals surface area contributed by atoms with Crippen molar-refractivity contribution in [3.8, 4) is 5.75 Å². The molecule has 36 heavy (non-hydrogen) atoms. The monoisotopic (exact) mass is 527 g/mol. The van der Waals surface area contributed by atoms with Crippen LogP contribution in [0.15, 0.2) is 71.8 Å². The van der Waals surface area contributed by atoms with E-state index in [1.54, 1.807) is 50.4 Å². The Bertz CT molecular complexity index is 1320. The minimum absolute atomic E-state index is 0.000890. The van der Waals surface area contributed by atoms with Crippen molar-refractivity contribution in [2.45, 2.75) is 12.2 Å². The molecular weight excluding hydrogens is 502 g/mol. The highest BCUT2D eigenvalue weighted by molar-refractivity contribution is 8.76. The number of ether oxygens (including phenoxy) is 3. The fourth-order valence-electron chi connectivity index (χ4n) is 3.20. The lowest BCUT2D eigenvalue weighted by molar-refractivity contribution is -0.118. The fourth-order valence-corrected chi connectivity index (χ4v) is 4.81. The van der Waals surface area contributed by atoms with E-state index in [0.29, 0.717) is 24.6 Å². The Morgan fingerprint density at radius 2 is 1.86 bits per heavy atom. The number of amides is 1. The van der Waals surface area contributed by atoms with Crippen molar-refractivity contribution in [1.82, 2.24) is 19.5 Å². The number of imidazole rings is 1. The molecule has 12 heteroatoms. The third-order valence-electron chi connectivity index (χ3n) is 4.83. The first-order valence-corrected chi connectivity index (χ1v) is 13.6. The summed E-state index contributed by atoms with van der Waals surface area (Å²) in [4.78, 5) is 35.6. The van der Waals surface area contributed by atoms with E-state index >= 15 is 0 Å². The summed E-state index contributed by atoms with van der Waals surface area (Å²) in [5, 5.41) is 2.54. The molecule has 188 valence electrons. The van der Waals surface area contributed by atoms with Crippen LogP contribution >= 0.6 is 21.6 Å². The van der Waals surface area contributed by atoms with Gasteiger partial charge in [0.2, 0.25) is 5.95 Å². The Morgan fingerprint density at radius 1 is 1.11 bits per heavy atom. The second-order valence-electron chi connectivity index (χ2n) is 7.36. The SMILES string of the molecule is CSSC(OCCOCn1cnc2c(=O)[nH]c(NC(=O)COc3ccccc3)nc21)c1ccccc1. The minimum atomic E-state index is -0.471. The number of nitrogens with zero attached hydrogens (tertiary/aromatic N) is 3. The molecule has 2 N–H and O–H groups in total. The van der Waals surface area contributed by atoms with E-state index in [1.165, 1.54) is 6.33 Å². The average molecular weight is 528 g/mol. The number of rotatable bonds is 13. The van der Waals surface area contributed by atoms with Crippen molar-refractivity contribution in [1.29, 1.82) is 0 Å². The maximum atomic E-state index is 12.4. The molecule has 0 spiro atoms. The molecule has 2 heterocycles. The number of hydrogen-bond acceptors (Lipinski definition) is 9. The van der Waals surface area contributed by atoms with Crippen LogP contribution in [0.25, 0.3) is 11.2 Å². The van der Waals surface area contributed by atoms with Crippen LogP contribution in [-0.2, 0) is 21.0 Å². The number of aromatic amines is 1. The molecule has 10 nitrogen and oxygen atoms in total. The summed E-state index contributed by atoms with van der Waals surface area (Å²) in [7, 11) is 3.27. The van der Waals surface area contributed by atoms with Gasteiger partial charge in [-0.15, -0.1) is 0 Å². The van der Waals surface area contributed by atoms with Gasteiger partial charge in [0, 0.05) is 0 Å². The van der Waals surface area contributed by atoms with E-state index in [0.717, 1.165) is 5.56 Å². The maximum Gasteiger partial charge on any atom is 0.280 e. The zero-order valence-corrected chi connectivity index (χ0v) is 21.1. The van der Waals surface area contributed by atoms with E-state index in [4.69, 9.17) is 14.2 Å². The molecule has 1 unspecified atom stereocenters. The van der Waals surface area contributed by atoms with Gasteiger partial charge >= 0.3 is 0 Å². The average Bonchev–Trinajstić information content (AvgIpc) is 3.31. The predicted molar refractivity (Wildman–Crippen MR) is 141 cm³/mol. The van der Waals surface area contributed by atoms with Crippen LogP contribution in [0.4, 0.5) is 5.95 Å². The van der Waals surface area contributed by atoms with Crippen LogP contribution in [-0.4, -0.2) is 51.5 Å². The van der Waals surface area contributed by atoms with E-state index in [-0.39, 0.29) is 30.2 Å². The third-order valence-corrected chi connectivity index (χ3v) is 6.71. The number of anilines is 1. The Balaban J connectivity index is 1.30. The molecule has 0 saturated carbocycles. The van der Waals surface area contributed by atoms with Gasteiger partial charge in [0.25, 0.3) is 11.5 Å². The summed E-state index contributed by atoms with van der Waals surface area (Å²) in [5.41, 5.74) is 0.954. The first-order chi connectivity index (χ1) is 17.6. The van der Waals surface area contributed by atoms with Gasteiger partial charge in [-0.3, -0.25) is 24.5 Å². The summed E-state index contributed by atoms with van der Waals surface area (Å²) < 4.78 is 18.7. The van der Waals surface area contributed by atoms with Crippen molar-refractivity contribution in [3.05, 3.63) is 82.9 Å². The lowest BCUT2D eigenvalue weighted by atomic mass is 10.2. The van der Waals surface area contributed by atoms with Gasteiger partial charge in [-0.05, 0) is 24.0 Å². The number of aromatic nitrogens is 4. The van der Waals surface area contributed by atoms with E-state index in [9.17, 15) is 9.59 Å². The number of nitrogens with one attached hydrogen (secondary N) is 2. The highest BCUT2D eigenvalue weighted by Crippen LogP contribution is 2.37. The molecule has 0 saturated heterocycles. The number of carbonyl (C=O) groups is 1. The Labute approximate surface area is 215 Å². The number of para-hydroxylation sites is 1. The molecular formula is C24H25N5O5S2.